The number of hydrogen-bond donors (Lipinski definition) is 1. The summed E-state index contributed by atoms with van der Waals surface area (Å²) in [5.41, 5.74) is 3.15. The van der Waals surface area contributed by atoms with Crippen LogP contribution in [0.4, 0.5) is 8.78 Å². The molecule has 0 atom stereocenters. The maximum Gasteiger partial charge on any atom is 0.208 e. The molecular weight excluding hydrogens is 474 g/mol. The molecule has 1 fully saturated rings. The summed E-state index contributed by atoms with van der Waals surface area (Å²) < 4.78 is 41.3. The zero-order valence-electron chi connectivity index (χ0n) is 20.3. The predicted octanol–water partition coefficient (Wildman–Crippen LogP) is 6.46. The van der Waals surface area contributed by atoms with Crippen molar-refractivity contribution in [2.45, 2.75) is 38.6 Å². The van der Waals surface area contributed by atoms with Crippen LogP contribution in [0.2, 0.25) is 0 Å². The molecule has 5 aromatic rings. The molecule has 0 aliphatic heterocycles. The molecule has 188 valence electrons. The maximum absolute atomic E-state index is 14.2. The summed E-state index contributed by atoms with van der Waals surface area (Å²) in [6.07, 6.45) is 10.2. The number of rotatable bonds is 7. The summed E-state index contributed by atoms with van der Waals surface area (Å²) in [7, 11) is 0. The Morgan fingerprint density at radius 3 is 2.70 bits per heavy atom. The first-order valence-electron chi connectivity index (χ1n) is 12.6. The van der Waals surface area contributed by atoms with E-state index in [4.69, 9.17) is 9.26 Å². The number of nitrogens with one attached hydrogen (secondary N) is 1. The average Bonchev–Trinajstić information content (AvgIpc) is 3.57. The Hall–Kier alpha value is -4.07. The molecule has 0 saturated heterocycles. The van der Waals surface area contributed by atoms with Crippen LogP contribution in [0, 0.1) is 17.6 Å². The highest BCUT2D eigenvalue weighted by molar-refractivity contribution is 5.77. The van der Waals surface area contributed by atoms with Crippen molar-refractivity contribution in [1.82, 2.24) is 15.1 Å². The lowest BCUT2D eigenvalue weighted by Gasteiger charge is -2.21. The normalized spacial score (nSPS) is 14.3. The van der Waals surface area contributed by atoms with Crippen LogP contribution in [0.1, 0.15) is 37.9 Å². The number of aromatic amines is 1. The van der Waals surface area contributed by atoms with Gasteiger partial charge in [-0.05, 0) is 55.2 Å². The maximum atomic E-state index is 14.2. The number of hydrogen-bond acceptors (Lipinski definition) is 4. The fraction of sp³-hybridized carbons (Fsp3) is 0.276. The molecule has 8 heteroatoms. The lowest BCUT2D eigenvalue weighted by Crippen LogP contribution is -2.32. The smallest absolute Gasteiger partial charge is 0.208 e. The third-order valence-corrected chi connectivity index (χ3v) is 6.94. The Labute approximate surface area is 212 Å². The first kappa shape index (κ1) is 23.3. The zero-order valence-corrected chi connectivity index (χ0v) is 20.3. The fourth-order valence-electron chi connectivity index (χ4n) is 4.91. The predicted molar refractivity (Wildman–Crippen MR) is 135 cm³/mol. The molecular formula is C29H27F2N4O2+. The number of imidazole rings is 1. The summed E-state index contributed by atoms with van der Waals surface area (Å²) in [5.74, 6) is 0.673. The third-order valence-electron chi connectivity index (χ3n) is 6.94. The standard InChI is InChI=1S/C29H26F2N4O2/c30-24-8-4-7-23(28(24)31)29-32-25-13-14-35(17-27(25)33-29)16-22-15-26(34-37-22)20-9-11-21(12-10-20)36-18-19-5-2-1-3-6-19/h4,7-15,17,19H,1-3,5-6,16,18H2/p+1. The topological polar surface area (TPSA) is 67.8 Å². The van der Waals surface area contributed by atoms with E-state index in [-0.39, 0.29) is 11.4 Å². The van der Waals surface area contributed by atoms with Crippen molar-refractivity contribution in [1.29, 1.82) is 0 Å². The lowest BCUT2D eigenvalue weighted by molar-refractivity contribution is -0.688. The van der Waals surface area contributed by atoms with E-state index in [1.807, 2.05) is 53.4 Å². The number of pyridine rings is 1. The summed E-state index contributed by atoms with van der Waals surface area (Å²) in [6, 6.07) is 15.7. The number of halogens is 2. The number of ether oxygens (including phenoxy) is 1. The molecule has 2 aromatic carbocycles. The number of H-pyrrole nitrogens is 1. The Kier molecular flexibility index (Phi) is 6.39. The molecule has 0 amide bonds. The van der Waals surface area contributed by atoms with Crippen LogP contribution in [-0.2, 0) is 6.54 Å². The zero-order chi connectivity index (χ0) is 25.2. The first-order chi connectivity index (χ1) is 18.1. The highest BCUT2D eigenvalue weighted by Gasteiger charge is 2.17. The van der Waals surface area contributed by atoms with Crippen LogP contribution >= 0.6 is 0 Å². The number of fused-ring (bicyclic) bond motifs is 1. The second-order valence-electron chi connectivity index (χ2n) is 9.62. The second kappa shape index (κ2) is 10.1. The van der Waals surface area contributed by atoms with Gasteiger partial charge in [0.1, 0.15) is 28.3 Å². The summed E-state index contributed by atoms with van der Waals surface area (Å²) in [4.78, 5) is 7.48. The van der Waals surface area contributed by atoms with Gasteiger partial charge >= 0.3 is 0 Å². The van der Waals surface area contributed by atoms with Gasteiger partial charge in [0.2, 0.25) is 12.3 Å². The molecule has 0 unspecified atom stereocenters. The van der Waals surface area contributed by atoms with Crippen molar-refractivity contribution >= 4 is 11.0 Å². The average molecular weight is 502 g/mol. The molecule has 6 rings (SSSR count). The minimum absolute atomic E-state index is 0.0908. The molecule has 1 aliphatic carbocycles. The molecule has 3 aromatic heterocycles. The van der Waals surface area contributed by atoms with Crippen molar-refractivity contribution in [3.05, 3.63) is 84.4 Å². The monoisotopic (exact) mass is 501 g/mol. The molecule has 0 spiro atoms. The largest absolute Gasteiger partial charge is 0.493 e. The van der Waals surface area contributed by atoms with Crippen LogP contribution < -0.4 is 9.30 Å². The van der Waals surface area contributed by atoms with Gasteiger partial charge in [0.05, 0.1) is 12.2 Å². The highest BCUT2D eigenvalue weighted by atomic mass is 19.2. The molecule has 1 saturated carbocycles. The minimum Gasteiger partial charge on any atom is -0.493 e. The van der Waals surface area contributed by atoms with Crippen LogP contribution in [0.5, 0.6) is 5.75 Å². The van der Waals surface area contributed by atoms with E-state index in [1.54, 1.807) is 0 Å². The van der Waals surface area contributed by atoms with Gasteiger partial charge in [0.15, 0.2) is 24.0 Å². The van der Waals surface area contributed by atoms with E-state index < -0.39 is 11.6 Å². The number of aromatic nitrogens is 4. The number of benzene rings is 2. The third kappa shape index (κ3) is 5.09. The molecule has 1 N–H and O–H groups in total. The van der Waals surface area contributed by atoms with E-state index in [0.29, 0.717) is 29.3 Å². The van der Waals surface area contributed by atoms with E-state index in [9.17, 15) is 8.78 Å². The molecule has 0 radical (unpaired) electrons. The SMILES string of the molecule is Fc1cccc(-c2nc3cc[n+](Cc4cc(-c5ccc(OCC6CCCCC6)cc5)no4)cc3[nH]2)c1F. The lowest BCUT2D eigenvalue weighted by atomic mass is 9.90. The Bertz CT molecular complexity index is 1520. The van der Waals surface area contributed by atoms with E-state index in [1.165, 1.54) is 44.2 Å². The number of nitrogens with zero attached hydrogens (tertiary/aromatic N) is 3. The van der Waals surface area contributed by atoms with Crippen molar-refractivity contribution in [2.24, 2.45) is 5.92 Å². The van der Waals surface area contributed by atoms with Gasteiger partial charge in [0, 0.05) is 17.7 Å². The quantitative estimate of drug-likeness (QED) is 0.260. The molecule has 3 heterocycles. The van der Waals surface area contributed by atoms with Crippen LogP contribution in [-0.4, -0.2) is 21.7 Å². The molecule has 37 heavy (non-hydrogen) atoms. The van der Waals surface area contributed by atoms with Gasteiger partial charge in [0.25, 0.3) is 0 Å². The Morgan fingerprint density at radius 1 is 1.03 bits per heavy atom. The Balaban J connectivity index is 1.13. The van der Waals surface area contributed by atoms with Gasteiger partial charge in [-0.25, -0.2) is 13.8 Å². The van der Waals surface area contributed by atoms with Gasteiger partial charge in [-0.2, -0.15) is 4.57 Å². The van der Waals surface area contributed by atoms with Gasteiger partial charge in [-0.1, -0.05) is 30.5 Å². The highest BCUT2D eigenvalue weighted by Crippen LogP contribution is 2.27. The molecule has 0 bridgehead atoms. The first-order valence-corrected chi connectivity index (χ1v) is 12.6. The summed E-state index contributed by atoms with van der Waals surface area (Å²) in [5, 5.41) is 4.23. The van der Waals surface area contributed by atoms with Crippen molar-refractivity contribution in [3.8, 4) is 28.4 Å². The van der Waals surface area contributed by atoms with Crippen LogP contribution in [0.15, 0.2) is 71.5 Å². The molecule has 6 nitrogen and oxygen atoms in total. The van der Waals surface area contributed by atoms with Crippen LogP contribution in [0.3, 0.4) is 0 Å². The van der Waals surface area contributed by atoms with Gasteiger partial charge in [-0.15, -0.1) is 0 Å². The second-order valence-corrected chi connectivity index (χ2v) is 9.62. The van der Waals surface area contributed by atoms with Gasteiger partial charge < -0.3 is 14.2 Å². The van der Waals surface area contributed by atoms with Crippen LogP contribution in [0.25, 0.3) is 33.7 Å². The molecule has 1 aliphatic rings. The summed E-state index contributed by atoms with van der Waals surface area (Å²) in [6.45, 7) is 1.23. The fourth-order valence-corrected chi connectivity index (χ4v) is 4.91. The van der Waals surface area contributed by atoms with E-state index in [2.05, 4.69) is 15.1 Å². The van der Waals surface area contributed by atoms with Crippen molar-refractivity contribution in [3.63, 3.8) is 0 Å². The summed E-state index contributed by atoms with van der Waals surface area (Å²) >= 11 is 0. The van der Waals surface area contributed by atoms with Crippen molar-refractivity contribution < 1.29 is 22.6 Å². The van der Waals surface area contributed by atoms with Crippen molar-refractivity contribution in [2.75, 3.05) is 6.61 Å². The van der Waals surface area contributed by atoms with E-state index in [0.717, 1.165) is 29.7 Å². The van der Waals surface area contributed by atoms with E-state index >= 15 is 0 Å². The Morgan fingerprint density at radius 2 is 1.86 bits per heavy atom. The van der Waals surface area contributed by atoms with Gasteiger partial charge in [-0.3, -0.25) is 0 Å². The minimum atomic E-state index is -0.924.